The van der Waals surface area contributed by atoms with Gasteiger partial charge >= 0.3 is 0 Å². The third kappa shape index (κ3) is 12.7. The standard InChI is InChI=1S/C18H28N2O5/c1-2-17(19(22)23)13-9-6-7-11-15-18(20(24)25)14-10-5-3-4-8-12-16-21/h6-7,13,15-16H,2-5,8-12,14H2,1H3/b7-6-,17-13+,18-15+. The van der Waals surface area contributed by atoms with Gasteiger partial charge in [-0.3, -0.25) is 20.2 Å². The second-order valence-electron chi connectivity index (χ2n) is 5.67. The Balaban J connectivity index is 4.15. The van der Waals surface area contributed by atoms with Crippen LogP contribution >= 0.6 is 0 Å². The fourth-order valence-corrected chi connectivity index (χ4v) is 2.28. The van der Waals surface area contributed by atoms with Crippen LogP contribution in [-0.4, -0.2) is 16.1 Å². The second kappa shape index (κ2) is 15.2. The molecule has 0 aromatic heterocycles. The van der Waals surface area contributed by atoms with Gasteiger partial charge in [0.1, 0.15) is 6.29 Å². The van der Waals surface area contributed by atoms with Gasteiger partial charge in [-0.15, -0.1) is 0 Å². The summed E-state index contributed by atoms with van der Waals surface area (Å²) in [5, 5.41) is 21.6. The van der Waals surface area contributed by atoms with Gasteiger partial charge in [-0.1, -0.05) is 38.3 Å². The molecule has 25 heavy (non-hydrogen) atoms. The molecular formula is C18H28N2O5. The zero-order valence-corrected chi connectivity index (χ0v) is 14.9. The number of nitro groups is 2. The minimum atomic E-state index is -0.391. The Bertz CT molecular complexity index is 510. The Morgan fingerprint density at radius 2 is 1.36 bits per heavy atom. The maximum atomic E-state index is 11.0. The number of allylic oxidation sites excluding steroid dienone is 6. The highest BCUT2D eigenvalue weighted by atomic mass is 16.6. The Morgan fingerprint density at radius 3 is 1.88 bits per heavy atom. The summed E-state index contributed by atoms with van der Waals surface area (Å²) < 4.78 is 0. The van der Waals surface area contributed by atoms with Crippen LogP contribution in [0.25, 0.3) is 0 Å². The molecule has 0 aromatic carbocycles. The van der Waals surface area contributed by atoms with Crippen LogP contribution in [0.2, 0.25) is 0 Å². The number of hydrogen-bond donors (Lipinski definition) is 0. The summed E-state index contributed by atoms with van der Waals surface area (Å²) in [5.41, 5.74) is 0.395. The smallest absolute Gasteiger partial charge is 0.242 e. The van der Waals surface area contributed by atoms with E-state index in [1.807, 2.05) is 0 Å². The fraction of sp³-hybridized carbons (Fsp3) is 0.611. The first-order chi connectivity index (χ1) is 12.0. The molecule has 0 aliphatic heterocycles. The third-order valence-electron chi connectivity index (χ3n) is 3.73. The first-order valence-electron chi connectivity index (χ1n) is 8.78. The molecule has 0 aromatic rings. The van der Waals surface area contributed by atoms with Crippen molar-refractivity contribution < 1.29 is 14.6 Å². The summed E-state index contributed by atoms with van der Waals surface area (Å²) in [6.07, 6.45) is 14.5. The minimum absolute atomic E-state index is 0.180. The van der Waals surface area contributed by atoms with Crippen molar-refractivity contribution in [3.63, 3.8) is 0 Å². The molecule has 0 aliphatic carbocycles. The molecule has 0 fully saturated rings. The molecule has 0 unspecified atom stereocenters. The Morgan fingerprint density at radius 1 is 0.840 bits per heavy atom. The normalized spacial score (nSPS) is 12.5. The number of aldehydes is 1. The molecule has 0 N–H and O–H groups in total. The van der Waals surface area contributed by atoms with Crippen LogP contribution in [-0.2, 0) is 4.79 Å². The summed E-state index contributed by atoms with van der Waals surface area (Å²) in [5.74, 6) is 0. The van der Waals surface area contributed by atoms with Crippen molar-refractivity contribution in [2.24, 2.45) is 0 Å². The Hall–Kier alpha value is -2.31. The van der Waals surface area contributed by atoms with E-state index in [1.165, 1.54) is 0 Å². The van der Waals surface area contributed by atoms with E-state index in [0.29, 0.717) is 32.1 Å². The highest BCUT2D eigenvalue weighted by Crippen LogP contribution is 2.13. The number of hydrogen-bond acceptors (Lipinski definition) is 5. The Kier molecular flexibility index (Phi) is 13.8. The van der Waals surface area contributed by atoms with Crippen LogP contribution in [0, 0.1) is 20.2 Å². The Labute approximate surface area is 148 Å². The van der Waals surface area contributed by atoms with Crippen LogP contribution in [0.5, 0.6) is 0 Å². The molecule has 0 aliphatic rings. The van der Waals surface area contributed by atoms with Gasteiger partial charge < -0.3 is 4.79 Å². The molecule has 7 heteroatoms. The van der Waals surface area contributed by atoms with E-state index in [1.54, 1.807) is 31.2 Å². The van der Waals surface area contributed by atoms with Gasteiger partial charge in [-0.2, -0.15) is 0 Å². The van der Waals surface area contributed by atoms with Gasteiger partial charge in [0.05, 0.1) is 9.85 Å². The molecule has 0 radical (unpaired) electrons. The predicted octanol–water partition coefficient (Wildman–Crippen LogP) is 4.98. The number of nitrogens with zero attached hydrogens (tertiary/aromatic N) is 2. The maximum absolute atomic E-state index is 11.0. The molecule has 0 atom stereocenters. The maximum Gasteiger partial charge on any atom is 0.242 e. The zero-order chi connectivity index (χ0) is 18.9. The summed E-state index contributed by atoms with van der Waals surface area (Å²) in [4.78, 5) is 31.1. The minimum Gasteiger partial charge on any atom is -0.303 e. The zero-order valence-electron chi connectivity index (χ0n) is 14.9. The van der Waals surface area contributed by atoms with Crippen LogP contribution in [0.15, 0.2) is 35.7 Å². The lowest BCUT2D eigenvalue weighted by atomic mass is 10.1. The lowest BCUT2D eigenvalue weighted by molar-refractivity contribution is -0.428. The average molecular weight is 352 g/mol. The monoisotopic (exact) mass is 352 g/mol. The number of unbranched alkanes of at least 4 members (excludes halogenated alkanes) is 5. The van der Waals surface area contributed by atoms with Crippen molar-refractivity contribution in [1.29, 1.82) is 0 Å². The second-order valence-corrected chi connectivity index (χ2v) is 5.67. The van der Waals surface area contributed by atoms with E-state index >= 15 is 0 Å². The summed E-state index contributed by atoms with van der Waals surface area (Å²) in [6.45, 7) is 1.73. The van der Waals surface area contributed by atoms with Crippen LogP contribution in [0.4, 0.5) is 0 Å². The summed E-state index contributed by atoms with van der Waals surface area (Å²) in [7, 11) is 0. The molecule has 7 nitrogen and oxygen atoms in total. The van der Waals surface area contributed by atoms with Crippen molar-refractivity contribution in [1.82, 2.24) is 0 Å². The van der Waals surface area contributed by atoms with Crippen molar-refractivity contribution in [3.8, 4) is 0 Å². The molecule has 0 saturated carbocycles. The van der Waals surface area contributed by atoms with Gasteiger partial charge in [0.25, 0.3) is 0 Å². The van der Waals surface area contributed by atoms with Crippen LogP contribution in [0.3, 0.4) is 0 Å². The molecule has 0 rings (SSSR count). The van der Waals surface area contributed by atoms with Crippen LogP contribution < -0.4 is 0 Å². The van der Waals surface area contributed by atoms with E-state index in [0.717, 1.165) is 38.4 Å². The molecule has 0 spiro atoms. The molecule has 140 valence electrons. The quantitative estimate of drug-likeness (QED) is 0.136. The van der Waals surface area contributed by atoms with Gasteiger partial charge in [0.15, 0.2) is 0 Å². The van der Waals surface area contributed by atoms with Gasteiger partial charge in [-0.25, -0.2) is 0 Å². The van der Waals surface area contributed by atoms with E-state index in [2.05, 4.69) is 0 Å². The molecule has 0 amide bonds. The summed E-state index contributed by atoms with van der Waals surface area (Å²) >= 11 is 0. The lowest BCUT2D eigenvalue weighted by Crippen LogP contribution is -1.98. The lowest BCUT2D eigenvalue weighted by Gasteiger charge is -2.00. The first-order valence-corrected chi connectivity index (χ1v) is 8.78. The van der Waals surface area contributed by atoms with Crippen molar-refractivity contribution in [2.75, 3.05) is 0 Å². The van der Waals surface area contributed by atoms with Crippen molar-refractivity contribution >= 4 is 6.29 Å². The van der Waals surface area contributed by atoms with Crippen LogP contribution in [0.1, 0.15) is 71.1 Å². The SMILES string of the molecule is CC/C(=C\C/C=C\C/C=C(\CCCCCCCC=O)[N+](=O)[O-])[N+](=O)[O-]. The third-order valence-corrected chi connectivity index (χ3v) is 3.73. The first kappa shape index (κ1) is 22.7. The molecule has 0 heterocycles. The molecule has 0 saturated heterocycles. The fourth-order valence-electron chi connectivity index (χ4n) is 2.28. The van der Waals surface area contributed by atoms with E-state index < -0.39 is 4.92 Å². The van der Waals surface area contributed by atoms with Crippen molar-refractivity contribution in [3.05, 3.63) is 55.9 Å². The molecule has 0 bridgehead atoms. The molecular weight excluding hydrogens is 324 g/mol. The summed E-state index contributed by atoms with van der Waals surface area (Å²) in [6, 6.07) is 0. The largest absolute Gasteiger partial charge is 0.303 e. The predicted molar refractivity (Wildman–Crippen MR) is 97.2 cm³/mol. The average Bonchev–Trinajstić information content (AvgIpc) is 2.57. The van der Waals surface area contributed by atoms with Crippen molar-refractivity contribution in [2.45, 2.75) is 71.1 Å². The van der Waals surface area contributed by atoms with E-state index in [-0.39, 0.29) is 16.3 Å². The van der Waals surface area contributed by atoms with E-state index in [9.17, 15) is 25.0 Å². The van der Waals surface area contributed by atoms with Gasteiger partial charge in [0, 0.05) is 19.3 Å². The highest BCUT2D eigenvalue weighted by molar-refractivity contribution is 5.48. The van der Waals surface area contributed by atoms with Gasteiger partial charge in [0.2, 0.25) is 11.4 Å². The van der Waals surface area contributed by atoms with Gasteiger partial charge in [-0.05, 0) is 37.8 Å². The number of carbonyl (C=O) groups is 1. The van der Waals surface area contributed by atoms with E-state index in [4.69, 9.17) is 0 Å². The highest BCUT2D eigenvalue weighted by Gasteiger charge is 2.08. The number of rotatable bonds is 15. The number of carbonyl (C=O) groups excluding carboxylic acids is 1. The topological polar surface area (TPSA) is 103 Å².